The van der Waals surface area contributed by atoms with Gasteiger partial charge in [-0.2, -0.15) is 0 Å². The van der Waals surface area contributed by atoms with Gasteiger partial charge in [0.15, 0.2) is 5.58 Å². The quantitative estimate of drug-likeness (QED) is 0.830. The normalized spacial score (nSPS) is 13.0. The maximum absolute atomic E-state index is 11.7. The zero-order valence-corrected chi connectivity index (χ0v) is 10.6. The van der Waals surface area contributed by atoms with Gasteiger partial charge in [0.2, 0.25) is 5.89 Å². The summed E-state index contributed by atoms with van der Waals surface area (Å²) < 4.78 is 17.2. The highest BCUT2D eigenvalue weighted by Gasteiger charge is 2.09. The number of oxazole rings is 1. The first-order valence-corrected chi connectivity index (χ1v) is 7.17. The number of unbranched alkanes of at least 4 members (excludes halogenated alkanes) is 1. The lowest BCUT2D eigenvalue weighted by Gasteiger charge is -1.96. The zero-order chi connectivity index (χ0) is 12.3. The topological polar surface area (TPSA) is 69.1 Å². The smallest absolute Gasteiger partial charge is 0.208 e. The van der Waals surface area contributed by atoms with Crippen LogP contribution in [-0.2, 0) is 16.6 Å². The largest absolute Gasteiger partial charge is 0.440 e. The minimum atomic E-state index is -0.890. The Morgan fingerprint density at radius 1 is 1.47 bits per heavy atom. The van der Waals surface area contributed by atoms with E-state index in [1.54, 1.807) is 18.2 Å². The highest BCUT2D eigenvalue weighted by molar-refractivity contribution is 7.84. The van der Waals surface area contributed by atoms with Crippen molar-refractivity contribution in [3.63, 3.8) is 0 Å². The molecule has 5 heteroatoms. The van der Waals surface area contributed by atoms with Crippen molar-refractivity contribution < 1.29 is 8.63 Å². The van der Waals surface area contributed by atoms with E-state index in [-0.39, 0.29) is 0 Å². The Kier molecular flexibility index (Phi) is 3.78. The SMILES string of the molecule is CCCCS(=O)Cc1nc2cc(N)ccc2o1. The van der Waals surface area contributed by atoms with Crippen molar-refractivity contribution in [1.29, 1.82) is 0 Å². The number of hydrogen-bond acceptors (Lipinski definition) is 4. The highest BCUT2D eigenvalue weighted by Crippen LogP contribution is 2.19. The summed E-state index contributed by atoms with van der Waals surface area (Å²) in [4.78, 5) is 4.28. The summed E-state index contributed by atoms with van der Waals surface area (Å²) in [7, 11) is -0.890. The molecule has 0 saturated carbocycles. The molecule has 0 aliphatic heterocycles. The van der Waals surface area contributed by atoms with Crippen molar-refractivity contribution in [2.45, 2.75) is 25.5 Å². The molecule has 2 aromatic rings. The summed E-state index contributed by atoms with van der Waals surface area (Å²) in [6, 6.07) is 5.32. The first kappa shape index (κ1) is 12.1. The molecule has 0 radical (unpaired) electrons. The van der Waals surface area contributed by atoms with Crippen LogP contribution in [0, 0.1) is 0 Å². The first-order chi connectivity index (χ1) is 8.19. The molecule has 4 nitrogen and oxygen atoms in total. The maximum Gasteiger partial charge on any atom is 0.208 e. The second-order valence-corrected chi connectivity index (χ2v) is 5.55. The van der Waals surface area contributed by atoms with Gasteiger partial charge in [-0.15, -0.1) is 0 Å². The van der Waals surface area contributed by atoms with Crippen molar-refractivity contribution in [3.05, 3.63) is 24.1 Å². The predicted octanol–water partition coefficient (Wildman–Crippen LogP) is 2.46. The Morgan fingerprint density at radius 3 is 3.06 bits per heavy atom. The van der Waals surface area contributed by atoms with Crippen LogP contribution in [0.2, 0.25) is 0 Å². The van der Waals surface area contributed by atoms with E-state index in [1.165, 1.54) is 0 Å². The highest BCUT2D eigenvalue weighted by atomic mass is 32.2. The van der Waals surface area contributed by atoms with Gasteiger partial charge in [0.05, 0.1) is 0 Å². The number of benzene rings is 1. The van der Waals surface area contributed by atoms with Gasteiger partial charge in [-0.1, -0.05) is 13.3 Å². The summed E-state index contributed by atoms with van der Waals surface area (Å²) >= 11 is 0. The molecule has 1 unspecified atom stereocenters. The Morgan fingerprint density at radius 2 is 2.29 bits per heavy atom. The fraction of sp³-hybridized carbons (Fsp3) is 0.417. The van der Waals surface area contributed by atoms with Gasteiger partial charge >= 0.3 is 0 Å². The third-order valence-corrected chi connectivity index (χ3v) is 3.78. The monoisotopic (exact) mass is 252 g/mol. The maximum atomic E-state index is 11.7. The molecule has 1 aromatic heterocycles. The molecule has 2 N–H and O–H groups in total. The van der Waals surface area contributed by atoms with Crippen LogP contribution in [0.15, 0.2) is 22.6 Å². The minimum Gasteiger partial charge on any atom is -0.440 e. The second kappa shape index (κ2) is 5.31. The van der Waals surface area contributed by atoms with Crippen molar-refractivity contribution in [2.24, 2.45) is 0 Å². The summed E-state index contributed by atoms with van der Waals surface area (Å²) in [6.07, 6.45) is 2.02. The van der Waals surface area contributed by atoms with Gasteiger partial charge in [-0.05, 0) is 24.6 Å². The molecule has 0 bridgehead atoms. The lowest BCUT2D eigenvalue weighted by molar-refractivity contribution is 0.552. The number of nitrogen functional groups attached to an aromatic ring is 1. The molecule has 0 fully saturated rings. The molecule has 2 rings (SSSR count). The van der Waals surface area contributed by atoms with Crippen LogP contribution in [0.1, 0.15) is 25.7 Å². The zero-order valence-electron chi connectivity index (χ0n) is 9.81. The van der Waals surface area contributed by atoms with Gasteiger partial charge < -0.3 is 10.2 Å². The van der Waals surface area contributed by atoms with Crippen molar-refractivity contribution in [2.75, 3.05) is 11.5 Å². The molecule has 92 valence electrons. The molecule has 1 heterocycles. The Labute approximate surface area is 103 Å². The van der Waals surface area contributed by atoms with Crippen molar-refractivity contribution in [1.82, 2.24) is 4.98 Å². The fourth-order valence-electron chi connectivity index (χ4n) is 1.57. The summed E-state index contributed by atoms with van der Waals surface area (Å²) in [5, 5.41) is 0. The van der Waals surface area contributed by atoms with E-state index >= 15 is 0 Å². The number of nitrogens with zero attached hydrogens (tertiary/aromatic N) is 1. The number of nitrogens with two attached hydrogens (primary N) is 1. The average molecular weight is 252 g/mol. The van der Waals surface area contributed by atoms with E-state index in [2.05, 4.69) is 11.9 Å². The molecule has 1 atom stereocenters. The van der Waals surface area contributed by atoms with Crippen LogP contribution in [-0.4, -0.2) is 14.9 Å². The van der Waals surface area contributed by atoms with Crippen LogP contribution in [0.4, 0.5) is 5.69 Å². The van der Waals surface area contributed by atoms with E-state index in [4.69, 9.17) is 10.2 Å². The molecular weight excluding hydrogens is 236 g/mol. The molecule has 0 saturated heterocycles. The average Bonchev–Trinajstić information content (AvgIpc) is 2.67. The fourth-order valence-corrected chi connectivity index (χ4v) is 2.72. The van der Waals surface area contributed by atoms with E-state index in [9.17, 15) is 4.21 Å². The third-order valence-electron chi connectivity index (χ3n) is 2.47. The lowest BCUT2D eigenvalue weighted by atomic mass is 10.3. The van der Waals surface area contributed by atoms with E-state index in [0.717, 1.165) is 18.4 Å². The van der Waals surface area contributed by atoms with Crippen LogP contribution >= 0.6 is 0 Å². The van der Waals surface area contributed by atoms with Gasteiger partial charge in [0.25, 0.3) is 0 Å². The molecule has 17 heavy (non-hydrogen) atoms. The number of rotatable bonds is 5. The molecular formula is C12H16N2O2S. The minimum absolute atomic E-state index is 0.384. The van der Waals surface area contributed by atoms with Gasteiger partial charge in [-0.25, -0.2) is 4.98 Å². The Bertz CT molecular complexity index is 536. The summed E-state index contributed by atoms with van der Waals surface area (Å²) in [5.41, 5.74) is 7.74. The molecule has 0 amide bonds. The Balaban J connectivity index is 2.11. The number of aromatic nitrogens is 1. The van der Waals surface area contributed by atoms with E-state index in [1.807, 2.05) is 0 Å². The van der Waals surface area contributed by atoms with E-state index in [0.29, 0.717) is 28.7 Å². The van der Waals surface area contributed by atoms with Crippen LogP contribution in [0.25, 0.3) is 11.1 Å². The predicted molar refractivity (Wildman–Crippen MR) is 70.0 cm³/mol. The first-order valence-electron chi connectivity index (χ1n) is 5.69. The number of anilines is 1. The molecule has 0 aliphatic rings. The van der Waals surface area contributed by atoms with Crippen LogP contribution in [0.3, 0.4) is 0 Å². The summed E-state index contributed by atoms with van der Waals surface area (Å²) in [5.74, 6) is 1.62. The van der Waals surface area contributed by atoms with Crippen LogP contribution < -0.4 is 5.73 Å². The number of fused-ring (bicyclic) bond motifs is 1. The molecule has 0 spiro atoms. The molecule has 1 aromatic carbocycles. The van der Waals surface area contributed by atoms with Gasteiger partial charge in [-0.3, -0.25) is 4.21 Å². The van der Waals surface area contributed by atoms with Gasteiger partial charge in [0.1, 0.15) is 11.3 Å². The third kappa shape index (κ3) is 3.06. The summed E-state index contributed by atoms with van der Waals surface area (Å²) in [6.45, 7) is 2.08. The van der Waals surface area contributed by atoms with E-state index < -0.39 is 10.8 Å². The number of hydrogen-bond donors (Lipinski definition) is 1. The molecule has 0 aliphatic carbocycles. The van der Waals surface area contributed by atoms with Crippen molar-refractivity contribution >= 4 is 27.6 Å². The second-order valence-electron chi connectivity index (χ2n) is 3.98. The Hall–Kier alpha value is -1.36. The standard InChI is InChI=1S/C12H16N2O2S/c1-2-3-6-17(15)8-12-14-10-7-9(13)4-5-11(10)16-12/h4-5,7H,2-3,6,8,13H2,1H3. The van der Waals surface area contributed by atoms with Crippen molar-refractivity contribution in [3.8, 4) is 0 Å². The lowest BCUT2D eigenvalue weighted by Crippen LogP contribution is -2.00. The van der Waals surface area contributed by atoms with Gasteiger partial charge in [0, 0.05) is 22.2 Å². The van der Waals surface area contributed by atoms with Crippen LogP contribution in [0.5, 0.6) is 0 Å².